The number of rotatable bonds is 8. The van der Waals surface area contributed by atoms with E-state index in [9.17, 15) is 0 Å². The van der Waals surface area contributed by atoms with Crippen LogP contribution >= 0.6 is 0 Å². The van der Waals surface area contributed by atoms with Crippen LogP contribution < -0.4 is 5.32 Å². The molecule has 0 bridgehead atoms. The molecular weight excluding hydrogens is 232 g/mol. The molecule has 1 aromatic rings. The summed E-state index contributed by atoms with van der Waals surface area (Å²) in [6, 6.07) is 9.57. The van der Waals surface area contributed by atoms with Crippen molar-refractivity contribution in [2.24, 2.45) is 0 Å². The minimum Gasteiger partial charge on any atom is -0.313 e. The Hall–Kier alpha value is -0.860. The minimum atomic E-state index is 0.649. The standard InChI is InChI=1S/C17H28N2/c1-14(2)19(3)12-6-11-18-13-16-7-4-5-8-17(16)15-9-10-15/h4-5,7-8,14-15,18H,6,9-13H2,1-3H3. The molecule has 0 aromatic heterocycles. The van der Waals surface area contributed by atoms with Crippen molar-refractivity contribution in [1.29, 1.82) is 0 Å². The summed E-state index contributed by atoms with van der Waals surface area (Å²) in [6.45, 7) is 7.81. The summed E-state index contributed by atoms with van der Waals surface area (Å²) < 4.78 is 0. The molecule has 1 fully saturated rings. The van der Waals surface area contributed by atoms with E-state index < -0.39 is 0 Å². The number of benzene rings is 1. The molecule has 0 amide bonds. The Bertz CT molecular complexity index is 383. The van der Waals surface area contributed by atoms with Crippen LogP contribution in [-0.2, 0) is 6.54 Å². The van der Waals surface area contributed by atoms with Gasteiger partial charge in [-0.25, -0.2) is 0 Å². The maximum absolute atomic E-state index is 3.59. The Balaban J connectivity index is 1.68. The maximum Gasteiger partial charge on any atom is 0.0208 e. The van der Waals surface area contributed by atoms with Crippen molar-refractivity contribution in [3.05, 3.63) is 35.4 Å². The average Bonchev–Trinajstić information content (AvgIpc) is 3.22. The summed E-state index contributed by atoms with van der Waals surface area (Å²) in [7, 11) is 2.20. The highest BCUT2D eigenvalue weighted by Gasteiger charge is 2.25. The molecule has 2 heteroatoms. The monoisotopic (exact) mass is 260 g/mol. The van der Waals surface area contributed by atoms with Gasteiger partial charge in [-0.2, -0.15) is 0 Å². The highest BCUT2D eigenvalue weighted by atomic mass is 15.1. The van der Waals surface area contributed by atoms with Gasteiger partial charge in [-0.05, 0) is 70.3 Å². The Morgan fingerprint density at radius 2 is 2.00 bits per heavy atom. The number of nitrogens with zero attached hydrogens (tertiary/aromatic N) is 1. The topological polar surface area (TPSA) is 15.3 Å². The van der Waals surface area contributed by atoms with E-state index in [2.05, 4.69) is 55.4 Å². The Morgan fingerprint density at radius 3 is 2.68 bits per heavy atom. The summed E-state index contributed by atoms with van der Waals surface area (Å²) in [4.78, 5) is 2.40. The second-order valence-corrected chi connectivity index (χ2v) is 6.08. The molecule has 19 heavy (non-hydrogen) atoms. The van der Waals surface area contributed by atoms with Gasteiger partial charge in [0.1, 0.15) is 0 Å². The fourth-order valence-electron chi connectivity index (χ4n) is 2.42. The van der Waals surface area contributed by atoms with Crippen LogP contribution in [0.2, 0.25) is 0 Å². The molecule has 0 heterocycles. The molecule has 106 valence electrons. The first-order valence-corrected chi connectivity index (χ1v) is 7.67. The smallest absolute Gasteiger partial charge is 0.0208 e. The van der Waals surface area contributed by atoms with Crippen LogP contribution in [0.4, 0.5) is 0 Å². The van der Waals surface area contributed by atoms with Gasteiger partial charge in [-0.1, -0.05) is 24.3 Å². The molecule has 1 aromatic carbocycles. The molecule has 0 radical (unpaired) electrons. The van der Waals surface area contributed by atoms with Gasteiger partial charge in [-0.15, -0.1) is 0 Å². The van der Waals surface area contributed by atoms with Gasteiger partial charge in [0.05, 0.1) is 0 Å². The molecule has 0 spiro atoms. The third-order valence-corrected chi connectivity index (χ3v) is 4.13. The van der Waals surface area contributed by atoms with Crippen LogP contribution in [0.3, 0.4) is 0 Å². The van der Waals surface area contributed by atoms with Crippen LogP contribution in [0, 0.1) is 0 Å². The fraction of sp³-hybridized carbons (Fsp3) is 0.647. The lowest BCUT2D eigenvalue weighted by Crippen LogP contribution is -2.29. The van der Waals surface area contributed by atoms with Crippen molar-refractivity contribution < 1.29 is 0 Å². The van der Waals surface area contributed by atoms with Gasteiger partial charge in [0.25, 0.3) is 0 Å². The van der Waals surface area contributed by atoms with Crippen LogP contribution in [-0.4, -0.2) is 31.1 Å². The molecule has 0 saturated heterocycles. The first-order chi connectivity index (χ1) is 9.18. The van der Waals surface area contributed by atoms with E-state index in [0.29, 0.717) is 6.04 Å². The number of hydrogen-bond acceptors (Lipinski definition) is 2. The number of nitrogens with one attached hydrogen (secondary N) is 1. The molecule has 0 atom stereocenters. The highest BCUT2D eigenvalue weighted by Crippen LogP contribution is 2.41. The number of hydrogen-bond donors (Lipinski definition) is 1. The molecule has 0 aliphatic heterocycles. The van der Waals surface area contributed by atoms with Gasteiger partial charge >= 0.3 is 0 Å². The first-order valence-electron chi connectivity index (χ1n) is 7.67. The Morgan fingerprint density at radius 1 is 1.26 bits per heavy atom. The van der Waals surface area contributed by atoms with E-state index in [-0.39, 0.29) is 0 Å². The van der Waals surface area contributed by atoms with E-state index in [1.165, 1.54) is 31.4 Å². The van der Waals surface area contributed by atoms with Crippen LogP contribution in [0.25, 0.3) is 0 Å². The van der Waals surface area contributed by atoms with Crippen molar-refractivity contribution in [3.8, 4) is 0 Å². The van der Waals surface area contributed by atoms with Crippen molar-refractivity contribution in [2.75, 3.05) is 20.1 Å². The molecule has 1 aliphatic rings. The van der Waals surface area contributed by atoms with E-state index in [1.54, 1.807) is 5.56 Å². The predicted octanol–water partition coefficient (Wildman–Crippen LogP) is 3.38. The lowest BCUT2D eigenvalue weighted by Gasteiger charge is -2.20. The summed E-state index contributed by atoms with van der Waals surface area (Å²) >= 11 is 0. The maximum atomic E-state index is 3.59. The molecule has 1 aliphatic carbocycles. The van der Waals surface area contributed by atoms with E-state index in [4.69, 9.17) is 0 Å². The molecule has 0 unspecified atom stereocenters. The molecular formula is C17H28N2. The second-order valence-electron chi connectivity index (χ2n) is 6.08. The van der Waals surface area contributed by atoms with Crippen LogP contribution in [0.1, 0.15) is 50.2 Å². The zero-order valence-electron chi connectivity index (χ0n) is 12.7. The molecule has 1 N–H and O–H groups in total. The zero-order chi connectivity index (χ0) is 13.7. The van der Waals surface area contributed by atoms with Gasteiger partial charge in [0.15, 0.2) is 0 Å². The largest absolute Gasteiger partial charge is 0.313 e. The summed E-state index contributed by atoms with van der Waals surface area (Å²) in [5.74, 6) is 0.852. The van der Waals surface area contributed by atoms with E-state index in [1.807, 2.05) is 0 Å². The van der Waals surface area contributed by atoms with Crippen molar-refractivity contribution in [1.82, 2.24) is 10.2 Å². The highest BCUT2D eigenvalue weighted by molar-refractivity contribution is 5.33. The third kappa shape index (κ3) is 4.63. The van der Waals surface area contributed by atoms with Crippen molar-refractivity contribution >= 4 is 0 Å². The molecule has 2 nitrogen and oxygen atoms in total. The lowest BCUT2D eigenvalue weighted by molar-refractivity contribution is 0.269. The normalized spacial score (nSPS) is 15.4. The van der Waals surface area contributed by atoms with Crippen LogP contribution in [0.5, 0.6) is 0 Å². The Labute approximate surface area is 118 Å². The predicted molar refractivity (Wildman–Crippen MR) is 82.5 cm³/mol. The fourth-order valence-corrected chi connectivity index (χ4v) is 2.42. The van der Waals surface area contributed by atoms with Crippen molar-refractivity contribution in [2.45, 2.75) is 51.6 Å². The average molecular weight is 260 g/mol. The van der Waals surface area contributed by atoms with Gasteiger partial charge in [0, 0.05) is 12.6 Å². The van der Waals surface area contributed by atoms with Crippen molar-refractivity contribution in [3.63, 3.8) is 0 Å². The van der Waals surface area contributed by atoms with Gasteiger partial charge in [-0.3, -0.25) is 0 Å². The lowest BCUT2D eigenvalue weighted by atomic mass is 10.0. The third-order valence-electron chi connectivity index (χ3n) is 4.13. The van der Waals surface area contributed by atoms with E-state index in [0.717, 1.165) is 19.0 Å². The van der Waals surface area contributed by atoms with Crippen LogP contribution in [0.15, 0.2) is 24.3 Å². The summed E-state index contributed by atoms with van der Waals surface area (Å²) in [5.41, 5.74) is 3.08. The quantitative estimate of drug-likeness (QED) is 0.721. The zero-order valence-corrected chi connectivity index (χ0v) is 12.7. The Kier molecular flexibility index (Phi) is 5.41. The molecule has 2 rings (SSSR count). The molecule has 1 saturated carbocycles. The van der Waals surface area contributed by atoms with Gasteiger partial charge < -0.3 is 10.2 Å². The van der Waals surface area contributed by atoms with Gasteiger partial charge in [0.2, 0.25) is 0 Å². The minimum absolute atomic E-state index is 0.649. The van der Waals surface area contributed by atoms with E-state index >= 15 is 0 Å². The summed E-state index contributed by atoms with van der Waals surface area (Å²) in [6.07, 6.45) is 3.99. The summed E-state index contributed by atoms with van der Waals surface area (Å²) in [5, 5.41) is 3.59. The first kappa shape index (κ1) is 14.5. The SMILES string of the molecule is CC(C)N(C)CCCNCc1ccccc1C1CC1. The second kappa shape index (κ2) is 7.06.